The third kappa shape index (κ3) is 3.91. The third-order valence-corrected chi connectivity index (χ3v) is 5.94. The van der Waals surface area contributed by atoms with Gasteiger partial charge in [0.25, 0.3) is 0 Å². The number of methoxy groups -OCH3 is 1. The smallest absolute Gasteiger partial charge is 0.328 e. The van der Waals surface area contributed by atoms with Crippen molar-refractivity contribution in [3.8, 4) is 11.5 Å². The van der Waals surface area contributed by atoms with Gasteiger partial charge >= 0.3 is 12.0 Å². The van der Waals surface area contributed by atoms with E-state index in [0.717, 1.165) is 22.7 Å². The number of fused-ring (bicyclic) bond motifs is 2. The highest BCUT2D eigenvalue weighted by molar-refractivity contribution is 7.98. The van der Waals surface area contributed by atoms with E-state index in [2.05, 4.69) is 15.3 Å². The van der Waals surface area contributed by atoms with E-state index in [9.17, 15) is 9.59 Å². The van der Waals surface area contributed by atoms with E-state index >= 15 is 0 Å². The van der Waals surface area contributed by atoms with Crippen molar-refractivity contribution in [3.63, 3.8) is 0 Å². The number of carbonyl (C=O) groups excluding carboxylic acids is 2. The largest absolute Gasteiger partial charge is 0.467 e. The number of benzene rings is 1. The molecule has 0 bridgehead atoms. The van der Waals surface area contributed by atoms with Crippen molar-refractivity contribution < 1.29 is 23.8 Å². The number of hydrogen-bond donors (Lipinski definition) is 2. The molecule has 0 saturated carbocycles. The molecular formula is C20H24N4O5S. The molecule has 1 aromatic carbocycles. The van der Waals surface area contributed by atoms with Crippen molar-refractivity contribution >= 4 is 23.8 Å². The van der Waals surface area contributed by atoms with Gasteiger partial charge in [0, 0.05) is 18.7 Å². The second-order valence-corrected chi connectivity index (χ2v) is 8.02. The number of amides is 2. The summed E-state index contributed by atoms with van der Waals surface area (Å²) in [7, 11) is 1.33. The molecule has 0 aliphatic carbocycles. The number of hydrogen-bond acceptors (Lipinski definition) is 7. The average Bonchev–Trinajstić information content (AvgIpc) is 3.43. The summed E-state index contributed by atoms with van der Waals surface area (Å²) in [4.78, 5) is 34.8. The Morgan fingerprint density at radius 2 is 2.23 bits per heavy atom. The quantitative estimate of drug-likeness (QED) is 0.673. The van der Waals surface area contributed by atoms with E-state index in [-0.39, 0.29) is 12.8 Å². The molecule has 0 spiro atoms. The Bertz CT molecular complexity index is 934. The summed E-state index contributed by atoms with van der Waals surface area (Å²) in [5, 5.41) is 2.85. The molecular weight excluding hydrogens is 408 g/mol. The van der Waals surface area contributed by atoms with E-state index in [1.54, 1.807) is 23.0 Å². The van der Waals surface area contributed by atoms with Gasteiger partial charge in [-0.15, -0.1) is 0 Å². The number of esters is 1. The molecule has 3 heterocycles. The Hall–Kier alpha value is -2.88. The normalized spacial score (nSPS) is 17.9. The number of aromatic nitrogens is 2. The van der Waals surface area contributed by atoms with Gasteiger partial charge in [0.2, 0.25) is 6.79 Å². The van der Waals surface area contributed by atoms with Crippen LogP contribution in [0, 0.1) is 0 Å². The van der Waals surface area contributed by atoms with Gasteiger partial charge in [-0.1, -0.05) is 6.07 Å². The molecule has 2 aromatic rings. The summed E-state index contributed by atoms with van der Waals surface area (Å²) in [6, 6.07) is 4.19. The van der Waals surface area contributed by atoms with Crippen LogP contribution in [-0.2, 0) is 16.0 Å². The SMILES string of the molecule is COC(=O)[C@H](CCSC)NC(=O)N1CCc2[nH]cnc2[C@H]1c1ccc2c(c1)OCO2. The van der Waals surface area contributed by atoms with Crippen LogP contribution in [0.15, 0.2) is 24.5 Å². The van der Waals surface area contributed by atoms with Crippen LogP contribution in [0.4, 0.5) is 4.79 Å². The maximum atomic E-state index is 13.2. The number of imidazole rings is 1. The van der Waals surface area contributed by atoms with Crippen LogP contribution in [0.5, 0.6) is 11.5 Å². The van der Waals surface area contributed by atoms with Gasteiger partial charge in [-0.05, 0) is 36.1 Å². The number of rotatable bonds is 6. The molecule has 10 heteroatoms. The summed E-state index contributed by atoms with van der Waals surface area (Å²) < 4.78 is 15.8. The fraction of sp³-hybridized carbons (Fsp3) is 0.450. The minimum absolute atomic E-state index is 0.178. The molecule has 0 unspecified atom stereocenters. The molecule has 2 N–H and O–H groups in total. The first kappa shape index (κ1) is 20.4. The zero-order valence-electron chi connectivity index (χ0n) is 16.8. The first-order valence-corrected chi connectivity index (χ1v) is 11.1. The molecule has 4 rings (SSSR count). The van der Waals surface area contributed by atoms with Crippen molar-refractivity contribution in [2.24, 2.45) is 0 Å². The van der Waals surface area contributed by atoms with Gasteiger partial charge in [-0.2, -0.15) is 11.8 Å². The monoisotopic (exact) mass is 432 g/mol. The van der Waals surface area contributed by atoms with Gasteiger partial charge in [0.05, 0.1) is 19.1 Å². The van der Waals surface area contributed by atoms with Crippen molar-refractivity contribution in [2.75, 3.05) is 32.5 Å². The molecule has 2 aliphatic heterocycles. The van der Waals surface area contributed by atoms with Crippen LogP contribution in [0.25, 0.3) is 0 Å². The number of H-pyrrole nitrogens is 1. The highest BCUT2D eigenvalue weighted by Gasteiger charge is 2.36. The van der Waals surface area contributed by atoms with Crippen molar-refractivity contribution in [3.05, 3.63) is 41.5 Å². The van der Waals surface area contributed by atoms with E-state index < -0.39 is 18.1 Å². The van der Waals surface area contributed by atoms with Crippen LogP contribution in [0.1, 0.15) is 29.4 Å². The highest BCUT2D eigenvalue weighted by Crippen LogP contribution is 2.39. The van der Waals surface area contributed by atoms with Crippen molar-refractivity contribution in [1.82, 2.24) is 20.2 Å². The molecule has 0 fully saturated rings. The fourth-order valence-electron chi connectivity index (χ4n) is 3.78. The minimum atomic E-state index is -0.701. The Morgan fingerprint density at radius 3 is 3.03 bits per heavy atom. The van der Waals surface area contributed by atoms with Gasteiger partial charge in [-0.3, -0.25) is 0 Å². The summed E-state index contributed by atoms with van der Waals surface area (Å²) in [5.74, 6) is 1.60. The second-order valence-electron chi connectivity index (χ2n) is 7.03. The lowest BCUT2D eigenvalue weighted by molar-refractivity contribution is -0.142. The zero-order valence-corrected chi connectivity index (χ0v) is 17.7. The lowest BCUT2D eigenvalue weighted by atomic mass is 9.95. The summed E-state index contributed by atoms with van der Waals surface area (Å²) >= 11 is 1.61. The summed E-state index contributed by atoms with van der Waals surface area (Å²) in [6.07, 6.45) is 4.74. The zero-order chi connectivity index (χ0) is 21.1. The van der Waals surface area contributed by atoms with E-state index in [4.69, 9.17) is 14.2 Å². The van der Waals surface area contributed by atoms with Gasteiger partial charge in [0.1, 0.15) is 12.1 Å². The molecule has 0 radical (unpaired) electrons. The second kappa shape index (κ2) is 8.86. The van der Waals surface area contributed by atoms with E-state index in [1.807, 2.05) is 24.5 Å². The lowest BCUT2D eigenvalue weighted by Gasteiger charge is -2.36. The number of aromatic amines is 1. The summed E-state index contributed by atoms with van der Waals surface area (Å²) in [6.45, 7) is 0.661. The minimum Gasteiger partial charge on any atom is -0.467 e. The number of nitrogens with one attached hydrogen (secondary N) is 2. The van der Waals surface area contributed by atoms with Gasteiger partial charge in [-0.25, -0.2) is 14.6 Å². The molecule has 2 aliphatic rings. The first-order valence-electron chi connectivity index (χ1n) is 9.68. The fourth-order valence-corrected chi connectivity index (χ4v) is 4.25. The molecule has 30 heavy (non-hydrogen) atoms. The molecule has 0 saturated heterocycles. The molecule has 9 nitrogen and oxygen atoms in total. The molecule has 2 amide bonds. The number of ether oxygens (including phenoxy) is 3. The van der Waals surface area contributed by atoms with Crippen LogP contribution >= 0.6 is 11.8 Å². The van der Waals surface area contributed by atoms with Crippen molar-refractivity contribution in [1.29, 1.82) is 0 Å². The average molecular weight is 433 g/mol. The Balaban J connectivity index is 1.62. The maximum absolute atomic E-state index is 13.2. The Labute approximate surface area is 178 Å². The number of thioether (sulfide) groups is 1. The summed E-state index contributed by atoms with van der Waals surface area (Å²) in [5.41, 5.74) is 2.64. The topological polar surface area (TPSA) is 106 Å². The van der Waals surface area contributed by atoms with Gasteiger partial charge in [0.15, 0.2) is 11.5 Å². The molecule has 160 valence electrons. The van der Waals surface area contributed by atoms with E-state index in [0.29, 0.717) is 30.9 Å². The molecule has 1 aromatic heterocycles. The number of nitrogens with zero attached hydrogens (tertiary/aromatic N) is 2. The Morgan fingerprint density at radius 1 is 1.40 bits per heavy atom. The van der Waals surface area contributed by atoms with Crippen LogP contribution < -0.4 is 14.8 Å². The molecule has 2 atom stereocenters. The van der Waals surface area contributed by atoms with Crippen LogP contribution in [0.2, 0.25) is 0 Å². The third-order valence-electron chi connectivity index (χ3n) is 5.29. The van der Waals surface area contributed by atoms with Gasteiger partial charge < -0.3 is 29.4 Å². The van der Waals surface area contributed by atoms with E-state index in [1.165, 1.54) is 7.11 Å². The predicted molar refractivity (Wildman–Crippen MR) is 111 cm³/mol. The standard InChI is InChI=1S/C20H24N4O5S/c1-27-19(25)14(6-8-30-2)23-20(26)24-7-5-13-17(22-10-21-13)18(24)12-3-4-15-16(9-12)29-11-28-15/h3-4,9-10,14,18H,5-8,11H2,1-2H3,(H,21,22)(H,23,26)/t14-,18+/m0/s1. The Kier molecular flexibility index (Phi) is 6.03. The maximum Gasteiger partial charge on any atom is 0.328 e. The number of urea groups is 1. The number of carbonyl (C=O) groups is 2. The van der Waals surface area contributed by atoms with Crippen LogP contribution in [-0.4, -0.2) is 65.4 Å². The highest BCUT2D eigenvalue weighted by atomic mass is 32.2. The first-order chi connectivity index (χ1) is 14.6. The predicted octanol–water partition coefficient (Wildman–Crippen LogP) is 2.09. The van der Waals surface area contributed by atoms with Crippen molar-refractivity contribution in [2.45, 2.75) is 24.9 Å². The van der Waals surface area contributed by atoms with Crippen LogP contribution in [0.3, 0.4) is 0 Å². The lowest BCUT2D eigenvalue weighted by Crippen LogP contribution is -2.51.